The highest BCUT2D eigenvalue weighted by atomic mass is 16.5. The summed E-state index contributed by atoms with van der Waals surface area (Å²) in [5, 5.41) is 2.94. The summed E-state index contributed by atoms with van der Waals surface area (Å²) in [5.41, 5.74) is 1.77. The molecule has 0 bridgehead atoms. The fourth-order valence-electron chi connectivity index (χ4n) is 5.32. The minimum Gasteiger partial charge on any atom is -0.497 e. The number of aromatic nitrogens is 1. The molecule has 3 heterocycles. The van der Waals surface area contributed by atoms with Crippen LogP contribution in [-0.4, -0.2) is 71.1 Å². The quantitative estimate of drug-likeness (QED) is 0.528. The molecule has 3 aromatic rings. The number of likely N-dealkylation sites (tertiary alicyclic amines) is 1. The van der Waals surface area contributed by atoms with Crippen molar-refractivity contribution in [2.75, 3.05) is 26.8 Å². The summed E-state index contributed by atoms with van der Waals surface area (Å²) in [6, 6.07) is 17.3. The van der Waals surface area contributed by atoms with Gasteiger partial charge in [-0.15, -0.1) is 0 Å². The lowest BCUT2D eigenvalue weighted by Gasteiger charge is -2.44. The molecule has 5 rings (SSSR count). The smallest absolute Gasteiger partial charge is 0.257 e. The Morgan fingerprint density at radius 1 is 1.05 bits per heavy atom. The zero-order chi connectivity index (χ0) is 27.4. The molecule has 0 radical (unpaired) electrons. The number of ether oxygens (including phenoxy) is 2. The van der Waals surface area contributed by atoms with Crippen molar-refractivity contribution in [3.05, 3.63) is 95.3 Å². The second kappa shape index (κ2) is 11.2. The maximum atomic E-state index is 14.0. The first kappa shape index (κ1) is 26.4. The highest BCUT2D eigenvalue weighted by molar-refractivity contribution is 5.99. The number of hydrogen-bond donors (Lipinski definition) is 1. The van der Waals surface area contributed by atoms with Crippen molar-refractivity contribution < 1.29 is 23.9 Å². The monoisotopic (exact) mass is 528 g/mol. The minimum absolute atomic E-state index is 0.0837. The third-order valence-electron chi connectivity index (χ3n) is 7.50. The predicted octanol–water partition coefficient (Wildman–Crippen LogP) is 3.19. The molecule has 2 saturated heterocycles. The lowest BCUT2D eigenvalue weighted by atomic mass is 9.95. The summed E-state index contributed by atoms with van der Waals surface area (Å²) >= 11 is 0. The molecule has 1 aromatic heterocycles. The van der Waals surface area contributed by atoms with Gasteiger partial charge in [-0.25, -0.2) is 0 Å². The number of pyridine rings is 1. The van der Waals surface area contributed by atoms with Crippen molar-refractivity contribution in [3.63, 3.8) is 0 Å². The number of methoxy groups -OCH3 is 1. The molecule has 3 amide bonds. The molecule has 2 aromatic carbocycles. The van der Waals surface area contributed by atoms with Crippen molar-refractivity contribution >= 4 is 17.7 Å². The molecule has 202 valence electrons. The SMILES string of the molecule is COc1cccc(C(=O)N2CCC3(CC2)OCC(C(=O)NCc2cccnc2)N3C(=O)c2ccccc2C)c1. The molecule has 1 spiro atoms. The molecule has 9 heteroatoms. The van der Waals surface area contributed by atoms with Crippen molar-refractivity contribution in [2.45, 2.75) is 38.1 Å². The van der Waals surface area contributed by atoms with E-state index in [1.165, 1.54) is 0 Å². The average Bonchev–Trinajstić information content (AvgIpc) is 3.34. The Morgan fingerprint density at radius 2 is 1.85 bits per heavy atom. The maximum absolute atomic E-state index is 14.0. The molecule has 2 fully saturated rings. The Labute approximate surface area is 227 Å². The summed E-state index contributed by atoms with van der Waals surface area (Å²) in [4.78, 5) is 48.1. The standard InChI is InChI=1S/C30H32N4O5/c1-21-7-3-4-11-25(21)29(37)34-26(27(35)32-19-22-8-6-14-31-18-22)20-39-30(34)12-15-33(16-13-30)28(36)23-9-5-10-24(17-23)38-2/h3-11,14,17-18,26H,12-13,15-16,19-20H2,1-2H3,(H,32,35). The number of hydrogen-bond acceptors (Lipinski definition) is 6. The van der Waals surface area contributed by atoms with Gasteiger partial charge in [0, 0.05) is 56.0 Å². The first-order chi connectivity index (χ1) is 18.9. The molecular weight excluding hydrogens is 496 g/mol. The van der Waals surface area contributed by atoms with Gasteiger partial charge in [0.05, 0.1) is 13.7 Å². The number of piperidine rings is 1. The van der Waals surface area contributed by atoms with Crippen molar-refractivity contribution in [1.82, 2.24) is 20.1 Å². The van der Waals surface area contributed by atoms with Crippen molar-refractivity contribution in [2.24, 2.45) is 0 Å². The number of carbonyl (C=O) groups excluding carboxylic acids is 3. The number of carbonyl (C=O) groups is 3. The molecule has 0 aliphatic carbocycles. The molecule has 1 atom stereocenters. The Morgan fingerprint density at radius 3 is 2.56 bits per heavy atom. The van der Waals surface area contributed by atoms with E-state index in [0.717, 1.165) is 11.1 Å². The Bertz CT molecular complexity index is 1350. The fraction of sp³-hybridized carbons (Fsp3) is 0.333. The van der Waals surface area contributed by atoms with Crippen LogP contribution in [0.25, 0.3) is 0 Å². The van der Waals surface area contributed by atoms with Crippen LogP contribution in [0.3, 0.4) is 0 Å². The van der Waals surface area contributed by atoms with Crippen LogP contribution in [0.5, 0.6) is 5.75 Å². The van der Waals surface area contributed by atoms with Gasteiger partial charge in [-0.2, -0.15) is 0 Å². The topological polar surface area (TPSA) is 101 Å². The molecular formula is C30H32N4O5. The van der Waals surface area contributed by atoms with Crippen LogP contribution in [0.15, 0.2) is 73.1 Å². The van der Waals surface area contributed by atoms with Gasteiger partial charge in [0.25, 0.3) is 11.8 Å². The van der Waals surface area contributed by atoms with Gasteiger partial charge in [0.15, 0.2) is 0 Å². The zero-order valence-electron chi connectivity index (χ0n) is 22.1. The third kappa shape index (κ3) is 5.35. The first-order valence-corrected chi connectivity index (χ1v) is 13.0. The molecule has 0 saturated carbocycles. The summed E-state index contributed by atoms with van der Waals surface area (Å²) in [7, 11) is 1.56. The number of aryl methyl sites for hydroxylation is 1. The van der Waals surface area contributed by atoms with Gasteiger partial charge >= 0.3 is 0 Å². The van der Waals surface area contributed by atoms with Gasteiger partial charge in [0.1, 0.15) is 17.5 Å². The van der Waals surface area contributed by atoms with Gasteiger partial charge in [0.2, 0.25) is 5.91 Å². The maximum Gasteiger partial charge on any atom is 0.257 e. The highest BCUT2D eigenvalue weighted by Gasteiger charge is 2.54. The zero-order valence-corrected chi connectivity index (χ0v) is 22.1. The molecule has 1 unspecified atom stereocenters. The first-order valence-electron chi connectivity index (χ1n) is 13.0. The summed E-state index contributed by atoms with van der Waals surface area (Å²) < 4.78 is 11.6. The largest absolute Gasteiger partial charge is 0.497 e. The lowest BCUT2D eigenvalue weighted by molar-refractivity contribution is -0.128. The number of amides is 3. The summed E-state index contributed by atoms with van der Waals surface area (Å²) in [6.45, 7) is 3.03. The Balaban J connectivity index is 1.37. The molecule has 2 aliphatic heterocycles. The van der Waals surface area contributed by atoms with Crippen molar-refractivity contribution in [3.8, 4) is 5.75 Å². The van der Waals surface area contributed by atoms with Crippen LogP contribution in [0, 0.1) is 6.92 Å². The van der Waals surface area contributed by atoms with Gasteiger partial charge in [-0.3, -0.25) is 24.3 Å². The highest BCUT2D eigenvalue weighted by Crippen LogP contribution is 2.39. The second-order valence-corrected chi connectivity index (χ2v) is 9.87. The lowest BCUT2D eigenvalue weighted by Crippen LogP contribution is -2.59. The van der Waals surface area contributed by atoms with Crippen LogP contribution < -0.4 is 10.1 Å². The minimum atomic E-state index is -0.985. The van der Waals surface area contributed by atoms with E-state index >= 15 is 0 Å². The van der Waals surface area contributed by atoms with E-state index in [2.05, 4.69) is 10.3 Å². The number of nitrogens with one attached hydrogen (secondary N) is 1. The second-order valence-electron chi connectivity index (χ2n) is 9.87. The van der Waals surface area contributed by atoms with Crippen LogP contribution in [0.4, 0.5) is 0 Å². The van der Waals surface area contributed by atoms with Gasteiger partial charge in [-0.05, 0) is 48.4 Å². The van der Waals surface area contributed by atoms with E-state index in [0.29, 0.717) is 49.4 Å². The van der Waals surface area contributed by atoms with Crippen LogP contribution >= 0.6 is 0 Å². The van der Waals surface area contributed by atoms with E-state index in [-0.39, 0.29) is 24.3 Å². The molecule has 1 N–H and O–H groups in total. The summed E-state index contributed by atoms with van der Waals surface area (Å²) in [6.07, 6.45) is 4.16. The Hall–Kier alpha value is -4.24. The number of benzene rings is 2. The third-order valence-corrected chi connectivity index (χ3v) is 7.50. The van der Waals surface area contributed by atoms with Crippen LogP contribution in [0.1, 0.15) is 44.7 Å². The van der Waals surface area contributed by atoms with Gasteiger partial charge < -0.3 is 19.7 Å². The number of rotatable bonds is 6. The summed E-state index contributed by atoms with van der Waals surface area (Å²) in [5.74, 6) is -0.0277. The van der Waals surface area contributed by atoms with E-state index in [1.54, 1.807) is 59.6 Å². The predicted molar refractivity (Wildman–Crippen MR) is 144 cm³/mol. The molecule has 2 aliphatic rings. The van der Waals surface area contributed by atoms with E-state index < -0.39 is 11.8 Å². The van der Waals surface area contributed by atoms with Crippen molar-refractivity contribution in [1.29, 1.82) is 0 Å². The molecule has 9 nitrogen and oxygen atoms in total. The van der Waals surface area contributed by atoms with Gasteiger partial charge in [-0.1, -0.05) is 30.3 Å². The molecule has 39 heavy (non-hydrogen) atoms. The normalized spacial score (nSPS) is 18.2. The van der Waals surface area contributed by atoms with E-state index in [1.807, 2.05) is 37.3 Å². The fourth-order valence-corrected chi connectivity index (χ4v) is 5.32. The van der Waals surface area contributed by atoms with E-state index in [4.69, 9.17) is 9.47 Å². The van der Waals surface area contributed by atoms with E-state index in [9.17, 15) is 14.4 Å². The van der Waals surface area contributed by atoms with Crippen LogP contribution in [-0.2, 0) is 16.1 Å². The van der Waals surface area contributed by atoms with Crippen LogP contribution in [0.2, 0.25) is 0 Å². The average molecular weight is 529 g/mol. The Kier molecular flexibility index (Phi) is 7.60. The number of nitrogens with zero attached hydrogens (tertiary/aromatic N) is 3.